The molecule has 2 N–H and O–H groups in total. The molecule has 3 aliphatic rings. The maximum Gasteiger partial charge on any atom is 0.324 e. The number of carbonyl (C=O) groups is 2. The molecule has 2 fully saturated rings. The van der Waals surface area contributed by atoms with E-state index in [9.17, 15) is 9.59 Å². The molecule has 2 bridgehead atoms. The smallest absolute Gasteiger partial charge is 0.324 e. The lowest BCUT2D eigenvalue weighted by atomic mass is 10.0. The first kappa shape index (κ1) is 26.1. The van der Waals surface area contributed by atoms with Crippen molar-refractivity contribution in [3.63, 3.8) is 0 Å². The van der Waals surface area contributed by atoms with Crippen LogP contribution in [0, 0.1) is 6.92 Å². The van der Waals surface area contributed by atoms with Crippen molar-refractivity contribution < 1.29 is 23.6 Å². The van der Waals surface area contributed by atoms with Gasteiger partial charge in [-0.05, 0) is 52.7 Å². The fourth-order valence-corrected chi connectivity index (χ4v) is 5.48. The van der Waals surface area contributed by atoms with Gasteiger partial charge in [-0.25, -0.2) is 9.78 Å². The molecule has 2 atom stereocenters. The Labute approximate surface area is 232 Å². The van der Waals surface area contributed by atoms with Gasteiger partial charge < -0.3 is 29.1 Å². The van der Waals surface area contributed by atoms with Crippen molar-refractivity contribution >= 4 is 29.4 Å². The number of aryl methyl sites for hydroxylation is 1. The monoisotopic (exact) mass is 547 g/mol. The van der Waals surface area contributed by atoms with Gasteiger partial charge in [0.05, 0.1) is 24.4 Å². The Bertz CT molecular complexity index is 1430. The zero-order valence-corrected chi connectivity index (χ0v) is 23.1. The van der Waals surface area contributed by atoms with Crippen molar-refractivity contribution in [1.82, 2.24) is 20.0 Å². The molecule has 0 spiro atoms. The zero-order chi connectivity index (χ0) is 28.0. The van der Waals surface area contributed by atoms with Crippen LogP contribution in [0.3, 0.4) is 0 Å². The molecule has 3 aromatic rings. The van der Waals surface area contributed by atoms with Gasteiger partial charge in [-0.2, -0.15) is 4.98 Å². The number of ether oxygens (including phenoxy) is 2. The van der Waals surface area contributed by atoms with Crippen LogP contribution in [-0.4, -0.2) is 76.0 Å². The Morgan fingerprint density at radius 2 is 1.82 bits per heavy atom. The van der Waals surface area contributed by atoms with Gasteiger partial charge in [0.1, 0.15) is 16.9 Å². The summed E-state index contributed by atoms with van der Waals surface area (Å²) in [6.07, 6.45) is 2.34. The lowest BCUT2D eigenvalue weighted by Gasteiger charge is -2.33. The van der Waals surface area contributed by atoms with E-state index in [4.69, 9.17) is 24.0 Å². The second kappa shape index (κ2) is 10.1. The van der Waals surface area contributed by atoms with E-state index in [2.05, 4.69) is 20.7 Å². The van der Waals surface area contributed by atoms with Crippen molar-refractivity contribution in [1.29, 1.82) is 0 Å². The van der Waals surface area contributed by atoms with E-state index in [0.717, 1.165) is 12.8 Å². The van der Waals surface area contributed by atoms with E-state index in [1.54, 1.807) is 30.0 Å². The number of carbonyl (C=O) groups excluding carboxylic acids is 2. The molecule has 0 radical (unpaired) electrons. The van der Waals surface area contributed by atoms with Gasteiger partial charge in [-0.15, -0.1) is 0 Å². The van der Waals surface area contributed by atoms with Crippen LogP contribution < -0.4 is 20.3 Å². The number of fused-ring (bicyclic) bond motifs is 3. The standard InChI is InChI=1S/C28H33N7O5/c1-5-34-15-28(3,4)39-24-22(25(34)36)23(31-26(32-24)35-13-19-10-11-20(14-35)38-19)17-6-8-18(9-7-17)29-27(37)30-21-12-16(2)40-33-21/h6-9,12,19-20H,5,10-11,13-15H2,1-4H3,(H2,29,30,33,37). The lowest BCUT2D eigenvalue weighted by Crippen LogP contribution is -2.43. The van der Waals surface area contributed by atoms with Gasteiger partial charge in [0, 0.05) is 37.0 Å². The summed E-state index contributed by atoms with van der Waals surface area (Å²) in [5.74, 6) is 1.55. The van der Waals surface area contributed by atoms with Crippen LogP contribution in [0.1, 0.15) is 49.7 Å². The first-order valence-electron chi connectivity index (χ1n) is 13.6. The summed E-state index contributed by atoms with van der Waals surface area (Å²) in [6, 6.07) is 8.34. The number of rotatable bonds is 5. The average molecular weight is 548 g/mol. The molecule has 2 saturated heterocycles. The Kier molecular flexibility index (Phi) is 6.57. The zero-order valence-electron chi connectivity index (χ0n) is 23.1. The summed E-state index contributed by atoms with van der Waals surface area (Å²) >= 11 is 0. The predicted octanol–water partition coefficient (Wildman–Crippen LogP) is 4.08. The molecule has 0 saturated carbocycles. The number of benzene rings is 1. The number of amides is 3. The van der Waals surface area contributed by atoms with E-state index in [0.29, 0.717) is 66.2 Å². The van der Waals surface area contributed by atoms with Crippen molar-refractivity contribution in [2.45, 2.75) is 58.3 Å². The number of nitrogens with zero attached hydrogens (tertiary/aromatic N) is 5. The number of aromatic nitrogens is 3. The van der Waals surface area contributed by atoms with E-state index in [1.807, 2.05) is 32.9 Å². The van der Waals surface area contributed by atoms with Gasteiger partial charge in [0.25, 0.3) is 5.91 Å². The topological polar surface area (TPSA) is 135 Å². The maximum absolute atomic E-state index is 13.8. The number of urea groups is 1. The minimum atomic E-state index is -0.632. The highest BCUT2D eigenvalue weighted by molar-refractivity contribution is 6.03. The second-order valence-electron chi connectivity index (χ2n) is 11.1. The number of likely N-dealkylation sites (N-methyl/N-ethyl adjacent to an activating group) is 1. The normalized spacial score (nSPS) is 21.4. The third-order valence-electron chi connectivity index (χ3n) is 7.30. The third kappa shape index (κ3) is 5.18. The van der Waals surface area contributed by atoms with Crippen LogP contribution in [-0.2, 0) is 4.74 Å². The van der Waals surface area contributed by atoms with E-state index in [-0.39, 0.29) is 24.0 Å². The predicted molar refractivity (Wildman–Crippen MR) is 148 cm³/mol. The highest BCUT2D eigenvalue weighted by Crippen LogP contribution is 2.37. The average Bonchev–Trinajstić information content (AvgIpc) is 3.46. The fourth-order valence-electron chi connectivity index (χ4n) is 5.48. The van der Waals surface area contributed by atoms with E-state index in [1.165, 1.54) is 0 Å². The Morgan fingerprint density at radius 3 is 2.48 bits per heavy atom. The molecule has 3 amide bonds. The summed E-state index contributed by atoms with van der Waals surface area (Å²) in [5.41, 5.74) is 1.47. The van der Waals surface area contributed by atoms with E-state index < -0.39 is 11.6 Å². The van der Waals surface area contributed by atoms with Crippen LogP contribution in [0.25, 0.3) is 11.3 Å². The lowest BCUT2D eigenvalue weighted by molar-refractivity contribution is 0.0297. The van der Waals surface area contributed by atoms with Crippen LogP contribution in [0.15, 0.2) is 34.9 Å². The minimum absolute atomic E-state index is 0.150. The van der Waals surface area contributed by atoms with Crippen LogP contribution >= 0.6 is 0 Å². The molecular weight excluding hydrogens is 514 g/mol. The quantitative estimate of drug-likeness (QED) is 0.484. The van der Waals surface area contributed by atoms with Gasteiger partial charge in [-0.3, -0.25) is 10.1 Å². The molecule has 1 aromatic carbocycles. The summed E-state index contributed by atoms with van der Waals surface area (Å²) in [4.78, 5) is 39.9. The SMILES string of the molecule is CCN1CC(C)(C)Oc2nc(N3CC4CCC(C3)O4)nc(-c3ccc(NC(=O)Nc4cc(C)on4)cc3)c2C1=O. The molecule has 6 rings (SSSR count). The molecule has 12 heteroatoms. The van der Waals surface area contributed by atoms with Crippen molar-refractivity contribution in [2.75, 3.05) is 41.7 Å². The summed E-state index contributed by atoms with van der Waals surface area (Å²) in [7, 11) is 0. The summed E-state index contributed by atoms with van der Waals surface area (Å²) in [5, 5.41) is 9.18. The molecule has 3 aliphatic heterocycles. The molecule has 5 heterocycles. The summed E-state index contributed by atoms with van der Waals surface area (Å²) in [6.45, 7) is 9.95. The molecule has 0 aliphatic carbocycles. The van der Waals surface area contributed by atoms with Crippen molar-refractivity contribution in [3.8, 4) is 17.1 Å². The summed E-state index contributed by atoms with van der Waals surface area (Å²) < 4.78 is 17.4. The fraction of sp³-hybridized carbons (Fsp3) is 0.464. The molecule has 12 nitrogen and oxygen atoms in total. The molecule has 210 valence electrons. The van der Waals surface area contributed by atoms with Gasteiger partial charge in [0.15, 0.2) is 5.82 Å². The van der Waals surface area contributed by atoms with Crippen LogP contribution in [0.2, 0.25) is 0 Å². The van der Waals surface area contributed by atoms with Gasteiger partial charge in [0.2, 0.25) is 11.8 Å². The van der Waals surface area contributed by atoms with Gasteiger partial charge >= 0.3 is 6.03 Å². The van der Waals surface area contributed by atoms with Crippen molar-refractivity contribution in [2.24, 2.45) is 0 Å². The Hall–Kier alpha value is -4.19. The van der Waals surface area contributed by atoms with Gasteiger partial charge in [-0.1, -0.05) is 17.3 Å². The first-order valence-corrected chi connectivity index (χ1v) is 13.6. The van der Waals surface area contributed by atoms with Crippen molar-refractivity contribution in [3.05, 3.63) is 41.7 Å². The molecule has 2 unspecified atom stereocenters. The molecular formula is C28H33N7O5. The number of hydrogen-bond acceptors (Lipinski definition) is 9. The number of morpholine rings is 1. The number of hydrogen-bond donors (Lipinski definition) is 2. The highest BCUT2D eigenvalue weighted by atomic mass is 16.5. The largest absolute Gasteiger partial charge is 0.469 e. The molecule has 2 aromatic heterocycles. The molecule has 40 heavy (non-hydrogen) atoms. The van der Waals surface area contributed by atoms with E-state index >= 15 is 0 Å². The number of nitrogens with one attached hydrogen (secondary N) is 2. The highest BCUT2D eigenvalue weighted by Gasteiger charge is 2.39. The maximum atomic E-state index is 13.8. The Balaban J connectivity index is 1.35. The second-order valence-corrected chi connectivity index (χ2v) is 11.1. The third-order valence-corrected chi connectivity index (χ3v) is 7.30. The van der Waals surface area contributed by atoms with Crippen LogP contribution in [0.4, 0.5) is 22.2 Å². The van der Waals surface area contributed by atoms with Crippen LogP contribution in [0.5, 0.6) is 5.88 Å². The minimum Gasteiger partial charge on any atom is -0.469 e. The first-order chi connectivity index (χ1) is 19.2. The number of anilines is 3. The Morgan fingerprint density at radius 1 is 1.10 bits per heavy atom.